The fraction of sp³-hybridized carbons (Fsp3) is 0.167. The van der Waals surface area contributed by atoms with Crippen molar-refractivity contribution >= 4 is 31.3 Å². The van der Waals surface area contributed by atoms with Crippen LogP contribution < -0.4 is 10.1 Å². The molecule has 0 aliphatic rings. The first-order valence-electron chi connectivity index (χ1n) is 5.74. The number of aromatic nitrogens is 2. The lowest BCUT2D eigenvalue weighted by Gasteiger charge is -2.09. The third-order valence-corrected chi connectivity index (χ3v) is 3.99. The lowest BCUT2D eigenvalue weighted by Crippen LogP contribution is -2.11. The van der Waals surface area contributed by atoms with Gasteiger partial charge in [0, 0.05) is 29.6 Å². The van der Waals surface area contributed by atoms with Crippen LogP contribution >= 0.6 is 10.7 Å². The number of rotatable bonds is 4. The van der Waals surface area contributed by atoms with E-state index in [-0.39, 0.29) is 16.3 Å². The largest absolute Gasteiger partial charge is 0.495 e. The summed E-state index contributed by atoms with van der Waals surface area (Å²) < 4.78 is 29.4. The van der Waals surface area contributed by atoms with Gasteiger partial charge in [0.05, 0.1) is 18.9 Å². The number of aryl methyl sites for hydroxylation is 1. The molecule has 21 heavy (non-hydrogen) atoms. The standard InChI is InChI=1S/C12H12ClN3O4S/c1-16-7-8(6-14-16)12(17)15-9-3-4-10(20-2)11(5-9)21(13,18)19/h3-7H,1-2H3,(H,15,17). The number of hydrogen-bond acceptors (Lipinski definition) is 5. The Hall–Kier alpha value is -2.06. The first kappa shape index (κ1) is 15.3. The molecule has 0 bridgehead atoms. The van der Waals surface area contributed by atoms with E-state index in [0.717, 1.165) is 0 Å². The van der Waals surface area contributed by atoms with Crippen LogP contribution in [-0.2, 0) is 16.1 Å². The minimum atomic E-state index is -3.98. The summed E-state index contributed by atoms with van der Waals surface area (Å²) >= 11 is 0. The van der Waals surface area contributed by atoms with Gasteiger partial charge >= 0.3 is 0 Å². The van der Waals surface area contributed by atoms with Crippen LogP contribution in [0.15, 0.2) is 35.5 Å². The summed E-state index contributed by atoms with van der Waals surface area (Å²) in [5.41, 5.74) is 0.632. The van der Waals surface area contributed by atoms with E-state index < -0.39 is 15.0 Å². The lowest BCUT2D eigenvalue weighted by molar-refractivity contribution is 0.102. The Morgan fingerprint density at radius 1 is 1.43 bits per heavy atom. The predicted molar refractivity (Wildman–Crippen MR) is 77.2 cm³/mol. The third-order valence-electron chi connectivity index (χ3n) is 2.65. The number of ether oxygens (including phenoxy) is 1. The molecule has 0 spiro atoms. The molecule has 0 aliphatic heterocycles. The van der Waals surface area contributed by atoms with Gasteiger partial charge in [-0.3, -0.25) is 9.48 Å². The molecular formula is C12H12ClN3O4S. The Bertz CT molecular complexity index is 786. The number of anilines is 1. The van der Waals surface area contributed by atoms with E-state index >= 15 is 0 Å². The molecular weight excluding hydrogens is 318 g/mol. The highest BCUT2D eigenvalue weighted by Crippen LogP contribution is 2.29. The Kier molecular flexibility index (Phi) is 4.19. The van der Waals surface area contributed by atoms with Gasteiger partial charge in [-0.1, -0.05) is 0 Å². The molecule has 0 saturated heterocycles. The first-order valence-corrected chi connectivity index (χ1v) is 8.05. The summed E-state index contributed by atoms with van der Waals surface area (Å²) in [7, 11) is 4.36. The van der Waals surface area contributed by atoms with Crippen LogP contribution in [0.1, 0.15) is 10.4 Å². The molecule has 0 unspecified atom stereocenters. The van der Waals surface area contributed by atoms with Crippen molar-refractivity contribution in [3.63, 3.8) is 0 Å². The summed E-state index contributed by atoms with van der Waals surface area (Å²) in [6, 6.07) is 4.15. The van der Waals surface area contributed by atoms with E-state index in [0.29, 0.717) is 5.56 Å². The highest BCUT2D eigenvalue weighted by molar-refractivity contribution is 8.13. The Labute approximate surface area is 125 Å². The van der Waals surface area contributed by atoms with Gasteiger partial charge in [-0.15, -0.1) is 0 Å². The zero-order valence-electron chi connectivity index (χ0n) is 11.2. The maximum Gasteiger partial charge on any atom is 0.265 e. The lowest BCUT2D eigenvalue weighted by atomic mass is 10.2. The van der Waals surface area contributed by atoms with Crippen molar-refractivity contribution < 1.29 is 17.9 Å². The summed E-state index contributed by atoms with van der Waals surface area (Å²) in [6.07, 6.45) is 2.94. The molecule has 2 aromatic rings. The smallest absolute Gasteiger partial charge is 0.265 e. The molecule has 0 saturated carbocycles. The SMILES string of the molecule is COc1ccc(NC(=O)c2cnn(C)c2)cc1S(=O)(=O)Cl. The fourth-order valence-corrected chi connectivity index (χ4v) is 2.71. The molecule has 9 heteroatoms. The Morgan fingerprint density at radius 2 is 2.14 bits per heavy atom. The van der Waals surface area contributed by atoms with Crippen molar-refractivity contribution in [2.45, 2.75) is 4.90 Å². The number of nitrogens with zero attached hydrogens (tertiary/aromatic N) is 2. The molecule has 0 fully saturated rings. The molecule has 1 aromatic heterocycles. The molecule has 1 aromatic carbocycles. The highest BCUT2D eigenvalue weighted by atomic mass is 35.7. The van der Waals surface area contributed by atoms with Crippen LogP contribution in [0.25, 0.3) is 0 Å². The van der Waals surface area contributed by atoms with Crippen LogP contribution in [0.4, 0.5) is 5.69 Å². The number of benzene rings is 1. The second kappa shape index (κ2) is 5.74. The van der Waals surface area contributed by atoms with Gasteiger partial charge in [0.1, 0.15) is 10.6 Å². The van der Waals surface area contributed by atoms with Crippen LogP contribution in [0, 0.1) is 0 Å². The van der Waals surface area contributed by atoms with Crippen molar-refractivity contribution in [3.05, 3.63) is 36.2 Å². The van der Waals surface area contributed by atoms with Gasteiger partial charge in [0.25, 0.3) is 15.0 Å². The molecule has 0 aliphatic carbocycles. The van der Waals surface area contributed by atoms with Crippen LogP contribution in [0.2, 0.25) is 0 Å². The minimum absolute atomic E-state index is 0.101. The predicted octanol–water partition coefficient (Wildman–Crippen LogP) is 1.61. The second-order valence-corrected chi connectivity index (χ2v) is 6.69. The fourth-order valence-electron chi connectivity index (χ4n) is 1.69. The monoisotopic (exact) mass is 329 g/mol. The normalized spacial score (nSPS) is 11.2. The van der Waals surface area contributed by atoms with E-state index in [1.165, 1.54) is 42.4 Å². The topological polar surface area (TPSA) is 90.3 Å². The van der Waals surface area contributed by atoms with Gasteiger partial charge in [-0.05, 0) is 18.2 Å². The van der Waals surface area contributed by atoms with Gasteiger partial charge in [-0.2, -0.15) is 5.10 Å². The van der Waals surface area contributed by atoms with Gasteiger partial charge in [-0.25, -0.2) is 8.42 Å². The van der Waals surface area contributed by atoms with Crippen molar-refractivity contribution in [2.24, 2.45) is 7.05 Å². The van der Waals surface area contributed by atoms with E-state index in [4.69, 9.17) is 15.4 Å². The van der Waals surface area contributed by atoms with Crippen molar-refractivity contribution in [1.29, 1.82) is 0 Å². The minimum Gasteiger partial charge on any atom is -0.495 e. The average molecular weight is 330 g/mol. The van der Waals surface area contributed by atoms with Crippen molar-refractivity contribution in [3.8, 4) is 5.75 Å². The molecule has 2 rings (SSSR count). The average Bonchev–Trinajstić information content (AvgIpc) is 2.84. The molecule has 7 nitrogen and oxygen atoms in total. The number of methoxy groups -OCH3 is 1. The van der Waals surface area contributed by atoms with E-state index in [1.54, 1.807) is 7.05 Å². The molecule has 0 radical (unpaired) electrons. The van der Waals surface area contributed by atoms with Crippen molar-refractivity contribution in [1.82, 2.24) is 9.78 Å². The van der Waals surface area contributed by atoms with Gasteiger partial charge in [0.2, 0.25) is 0 Å². The maximum atomic E-state index is 12.0. The third kappa shape index (κ3) is 3.53. The highest BCUT2D eigenvalue weighted by Gasteiger charge is 2.18. The Morgan fingerprint density at radius 3 is 2.67 bits per heavy atom. The van der Waals surface area contributed by atoms with E-state index in [2.05, 4.69) is 10.4 Å². The van der Waals surface area contributed by atoms with Gasteiger partial charge in [0.15, 0.2) is 0 Å². The van der Waals surface area contributed by atoms with Crippen LogP contribution in [0.3, 0.4) is 0 Å². The zero-order chi connectivity index (χ0) is 15.6. The maximum absolute atomic E-state index is 12.0. The number of hydrogen-bond donors (Lipinski definition) is 1. The summed E-state index contributed by atoms with van der Waals surface area (Å²) in [5.74, 6) is -0.310. The Balaban J connectivity index is 2.31. The molecule has 112 valence electrons. The van der Waals surface area contributed by atoms with Gasteiger partial charge < -0.3 is 10.1 Å². The summed E-state index contributed by atoms with van der Waals surface area (Å²) in [5, 5.41) is 6.45. The zero-order valence-corrected chi connectivity index (χ0v) is 12.8. The number of carbonyl (C=O) groups is 1. The van der Waals surface area contributed by atoms with E-state index in [1.807, 2.05) is 0 Å². The molecule has 1 amide bonds. The number of amides is 1. The number of carbonyl (C=O) groups excluding carboxylic acids is 1. The molecule has 1 heterocycles. The van der Waals surface area contributed by atoms with E-state index in [9.17, 15) is 13.2 Å². The first-order chi connectivity index (χ1) is 9.81. The molecule has 0 atom stereocenters. The number of nitrogens with one attached hydrogen (secondary N) is 1. The quantitative estimate of drug-likeness (QED) is 0.861. The summed E-state index contributed by atoms with van der Waals surface area (Å²) in [4.78, 5) is 11.8. The molecule has 1 N–H and O–H groups in total. The second-order valence-electron chi connectivity index (χ2n) is 4.16. The van der Waals surface area contributed by atoms with Crippen LogP contribution in [-0.4, -0.2) is 31.2 Å². The summed E-state index contributed by atoms with van der Waals surface area (Å²) in [6.45, 7) is 0. The van der Waals surface area contributed by atoms with Crippen molar-refractivity contribution in [2.75, 3.05) is 12.4 Å². The number of halogens is 1. The van der Waals surface area contributed by atoms with Crippen LogP contribution in [0.5, 0.6) is 5.75 Å².